The van der Waals surface area contributed by atoms with Crippen molar-refractivity contribution in [1.29, 1.82) is 0 Å². The fourth-order valence-electron chi connectivity index (χ4n) is 1.81. The summed E-state index contributed by atoms with van der Waals surface area (Å²) in [5.74, 6) is 0.779. The Kier molecular flexibility index (Phi) is 4.46. The molecule has 6 heteroatoms. The van der Waals surface area contributed by atoms with Gasteiger partial charge in [0, 0.05) is 10.6 Å². The fraction of sp³-hybridized carbons (Fsp3) is 0.0625. The molecule has 0 fully saturated rings. The Hall–Kier alpha value is -2.66. The number of hydrogen-bond acceptors (Lipinski definition) is 4. The van der Waals surface area contributed by atoms with Gasteiger partial charge in [0.05, 0.1) is 6.21 Å². The smallest absolute Gasteiger partial charge is 0.141 e. The van der Waals surface area contributed by atoms with Crippen molar-refractivity contribution in [2.45, 2.75) is 6.61 Å². The van der Waals surface area contributed by atoms with Crippen molar-refractivity contribution < 1.29 is 4.74 Å². The number of ether oxygens (including phenoxy) is 1. The maximum absolute atomic E-state index is 6.10. The summed E-state index contributed by atoms with van der Waals surface area (Å²) >= 11 is 6.10. The second-order valence-electron chi connectivity index (χ2n) is 4.54. The molecule has 1 aromatic heterocycles. The van der Waals surface area contributed by atoms with Gasteiger partial charge in [-0.2, -0.15) is 5.10 Å². The molecule has 0 aliphatic heterocycles. The van der Waals surface area contributed by atoms with Crippen molar-refractivity contribution in [3.63, 3.8) is 0 Å². The van der Waals surface area contributed by atoms with Crippen LogP contribution in [-0.2, 0) is 6.61 Å². The predicted molar refractivity (Wildman–Crippen MR) is 85.2 cm³/mol. The molecule has 0 aliphatic carbocycles. The zero-order valence-corrected chi connectivity index (χ0v) is 12.4. The van der Waals surface area contributed by atoms with Crippen LogP contribution < -0.4 is 4.74 Å². The van der Waals surface area contributed by atoms with Gasteiger partial charge in [-0.05, 0) is 35.9 Å². The van der Waals surface area contributed by atoms with Crippen molar-refractivity contribution >= 4 is 17.8 Å². The van der Waals surface area contributed by atoms with Crippen LogP contribution in [0.25, 0.3) is 0 Å². The minimum absolute atomic E-state index is 0.438. The number of aromatic nitrogens is 3. The van der Waals surface area contributed by atoms with Gasteiger partial charge < -0.3 is 4.74 Å². The molecule has 0 bridgehead atoms. The maximum atomic E-state index is 6.10. The highest BCUT2D eigenvalue weighted by atomic mass is 35.5. The summed E-state index contributed by atoms with van der Waals surface area (Å²) < 4.78 is 7.25. The molecule has 110 valence electrons. The van der Waals surface area contributed by atoms with E-state index in [0.29, 0.717) is 11.6 Å². The molecule has 3 aromatic rings. The van der Waals surface area contributed by atoms with Gasteiger partial charge in [-0.1, -0.05) is 29.8 Å². The van der Waals surface area contributed by atoms with Gasteiger partial charge in [-0.25, -0.2) is 4.68 Å². The third-order valence-electron chi connectivity index (χ3n) is 2.98. The van der Waals surface area contributed by atoms with Crippen molar-refractivity contribution in [2.24, 2.45) is 5.10 Å². The molecule has 5 nitrogen and oxygen atoms in total. The van der Waals surface area contributed by atoms with E-state index >= 15 is 0 Å². The Labute approximate surface area is 132 Å². The van der Waals surface area contributed by atoms with E-state index in [1.54, 1.807) is 6.21 Å². The molecule has 22 heavy (non-hydrogen) atoms. The van der Waals surface area contributed by atoms with Crippen LogP contribution in [0.15, 0.2) is 66.3 Å². The molecule has 0 spiro atoms. The van der Waals surface area contributed by atoms with Crippen LogP contribution in [0.2, 0.25) is 5.02 Å². The Morgan fingerprint density at radius 1 is 1.05 bits per heavy atom. The molecule has 1 heterocycles. The number of rotatable bonds is 5. The summed E-state index contributed by atoms with van der Waals surface area (Å²) in [6.45, 7) is 0.438. The SMILES string of the molecule is Clc1ccccc1COc1ccc(/C=N/n2cnnc2)cc1. The minimum Gasteiger partial charge on any atom is -0.489 e. The van der Waals surface area contributed by atoms with Gasteiger partial charge in [0.1, 0.15) is 25.0 Å². The Morgan fingerprint density at radius 2 is 1.77 bits per heavy atom. The Balaban J connectivity index is 1.61. The average molecular weight is 313 g/mol. The number of benzene rings is 2. The summed E-state index contributed by atoms with van der Waals surface area (Å²) in [6, 6.07) is 15.3. The Morgan fingerprint density at radius 3 is 2.50 bits per heavy atom. The van der Waals surface area contributed by atoms with Gasteiger partial charge in [0.25, 0.3) is 0 Å². The highest BCUT2D eigenvalue weighted by Gasteiger charge is 2.00. The molecule has 0 aliphatic rings. The van der Waals surface area contributed by atoms with E-state index in [-0.39, 0.29) is 0 Å². The van der Waals surface area contributed by atoms with Crippen LogP contribution in [0.3, 0.4) is 0 Å². The zero-order chi connectivity index (χ0) is 15.2. The predicted octanol–water partition coefficient (Wildman–Crippen LogP) is 3.39. The van der Waals surface area contributed by atoms with E-state index in [1.807, 2.05) is 48.5 Å². The molecule has 0 saturated carbocycles. The van der Waals surface area contributed by atoms with Crippen molar-refractivity contribution in [3.05, 3.63) is 77.3 Å². The molecule has 3 rings (SSSR count). The minimum atomic E-state index is 0.438. The van der Waals surface area contributed by atoms with E-state index in [0.717, 1.165) is 16.9 Å². The molecule has 0 unspecified atom stereocenters. The molecule has 0 amide bonds. The average Bonchev–Trinajstić information content (AvgIpc) is 3.07. The second kappa shape index (κ2) is 6.87. The van der Waals surface area contributed by atoms with Crippen LogP contribution in [0.1, 0.15) is 11.1 Å². The normalized spacial score (nSPS) is 11.0. The van der Waals surface area contributed by atoms with E-state index < -0.39 is 0 Å². The molecule has 0 radical (unpaired) electrons. The highest BCUT2D eigenvalue weighted by molar-refractivity contribution is 6.31. The van der Waals surface area contributed by atoms with Crippen LogP contribution in [-0.4, -0.2) is 21.1 Å². The van der Waals surface area contributed by atoms with Crippen molar-refractivity contribution in [2.75, 3.05) is 0 Å². The second-order valence-corrected chi connectivity index (χ2v) is 4.94. The first kappa shape index (κ1) is 14.3. The number of halogens is 1. The quantitative estimate of drug-likeness (QED) is 0.679. The standard InChI is InChI=1S/C16H13ClN4O/c17-16-4-2-1-3-14(16)10-22-15-7-5-13(6-8-15)9-20-21-11-18-19-12-21/h1-9,11-12H,10H2/b20-9+. The van der Waals surface area contributed by atoms with Crippen LogP contribution in [0.5, 0.6) is 5.75 Å². The van der Waals surface area contributed by atoms with Gasteiger partial charge in [-0.3, -0.25) is 0 Å². The van der Waals surface area contributed by atoms with Gasteiger partial charge in [-0.15, -0.1) is 10.2 Å². The summed E-state index contributed by atoms with van der Waals surface area (Å²) in [4.78, 5) is 0. The van der Waals surface area contributed by atoms with Gasteiger partial charge in [0.15, 0.2) is 0 Å². The lowest BCUT2D eigenvalue weighted by atomic mass is 10.2. The summed E-state index contributed by atoms with van der Waals surface area (Å²) in [6.07, 6.45) is 4.77. The monoisotopic (exact) mass is 312 g/mol. The topological polar surface area (TPSA) is 52.3 Å². The van der Waals surface area contributed by atoms with Crippen LogP contribution in [0, 0.1) is 0 Å². The largest absolute Gasteiger partial charge is 0.489 e. The van der Waals surface area contributed by atoms with E-state index in [2.05, 4.69) is 15.3 Å². The number of nitrogens with zero attached hydrogens (tertiary/aromatic N) is 4. The summed E-state index contributed by atoms with van der Waals surface area (Å²) in [5, 5.41) is 12.2. The first-order valence-electron chi connectivity index (χ1n) is 6.66. The fourth-order valence-corrected chi connectivity index (χ4v) is 2.01. The Bertz CT molecular complexity index is 754. The maximum Gasteiger partial charge on any atom is 0.141 e. The molecule has 0 saturated heterocycles. The molecular weight excluding hydrogens is 300 g/mol. The van der Waals surface area contributed by atoms with E-state index in [1.165, 1.54) is 17.3 Å². The summed E-state index contributed by atoms with van der Waals surface area (Å²) in [5.41, 5.74) is 1.92. The first-order valence-corrected chi connectivity index (χ1v) is 7.04. The molecule has 2 aromatic carbocycles. The zero-order valence-electron chi connectivity index (χ0n) is 11.6. The molecule has 0 N–H and O–H groups in total. The van der Waals surface area contributed by atoms with E-state index in [9.17, 15) is 0 Å². The highest BCUT2D eigenvalue weighted by Crippen LogP contribution is 2.18. The third kappa shape index (κ3) is 3.71. The van der Waals surface area contributed by atoms with Crippen LogP contribution in [0.4, 0.5) is 0 Å². The molecule has 0 atom stereocenters. The van der Waals surface area contributed by atoms with Crippen molar-refractivity contribution in [1.82, 2.24) is 14.9 Å². The first-order chi connectivity index (χ1) is 10.8. The van der Waals surface area contributed by atoms with Crippen molar-refractivity contribution in [3.8, 4) is 5.75 Å². The van der Waals surface area contributed by atoms with E-state index in [4.69, 9.17) is 16.3 Å². The van der Waals surface area contributed by atoms with Gasteiger partial charge in [0.2, 0.25) is 0 Å². The summed E-state index contributed by atoms with van der Waals surface area (Å²) in [7, 11) is 0. The van der Waals surface area contributed by atoms with Gasteiger partial charge >= 0.3 is 0 Å². The lowest BCUT2D eigenvalue weighted by Crippen LogP contribution is -1.96. The third-order valence-corrected chi connectivity index (χ3v) is 3.35. The lowest BCUT2D eigenvalue weighted by molar-refractivity contribution is 0.306. The lowest BCUT2D eigenvalue weighted by Gasteiger charge is -2.07. The van der Waals surface area contributed by atoms with Crippen LogP contribution >= 0.6 is 11.6 Å². The molecular formula is C16H13ClN4O. The number of hydrogen-bond donors (Lipinski definition) is 0.